The van der Waals surface area contributed by atoms with Crippen molar-refractivity contribution in [2.24, 2.45) is 5.92 Å². The second-order valence-electron chi connectivity index (χ2n) is 4.63. The number of rotatable bonds is 5. The normalized spacial score (nSPS) is 16.4. The molecule has 1 saturated carbocycles. The highest BCUT2D eigenvalue weighted by atomic mass is 32.2. The summed E-state index contributed by atoms with van der Waals surface area (Å²) in [6.45, 7) is 0.909. The van der Waals surface area contributed by atoms with E-state index in [0.29, 0.717) is 19.0 Å². The molecule has 0 saturated heterocycles. The van der Waals surface area contributed by atoms with E-state index in [1.165, 1.54) is 22.7 Å². The van der Waals surface area contributed by atoms with Gasteiger partial charge in [-0.1, -0.05) is 12.1 Å². The maximum absolute atomic E-state index is 12.7. The molecule has 0 aromatic heterocycles. The Morgan fingerprint density at radius 1 is 1.29 bits per heavy atom. The van der Waals surface area contributed by atoms with Crippen molar-refractivity contribution in [2.75, 3.05) is 12.8 Å². The fourth-order valence-electron chi connectivity index (χ4n) is 1.70. The first-order valence-corrected chi connectivity index (χ1v) is 7.49. The molecule has 1 aromatic rings. The molecule has 0 atom stereocenters. The number of benzene rings is 1. The third-order valence-electron chi connectivity index (χ3n) is 2.90. The molecular formula is C12H16FNO2S. The SMILES string of the molecule is CS(=O)(=O)N(Cc1ccc(F)cc1)CC1CC1. The van der Waals surface area contributed by atoms with Crippen LogP contribution in [0.3, 0.4) is 0 Å². The van der Waals surface area contributed by atoms with Crippen molar-refractivity contribution in [3.8, 4) is 0 Å². The molecule has 0 spiro atoms. The third-order valence-corrected chi connectivity index (χ3v) is 4.12. The summed E-state index contributed by atoms with van der Waals surface area (Å²) in [7, 11) is -3.19. The second kappa shape index (κ2) is 4.74. The zero-order valence-corrected chi connectivity index (χ0v) is 10.6. The van der Waals surface area contributed by atoms with Gasteiger partial charge in [-0.25, -0.2) is 12.8 Å². The summed E-state index contributed by atoms with van der Waals surface area (Å²) >= 11 is 0. The van der Waals surface area contributed by atoms with Gasteiger partial charge < -0.3 is 0 Å². The molecule has 0 bridgehead atoms. The third kappa shape index (κ3) is 3.78. The van der Waals surface area contributed by atoms with Crippen molar-refractivity contribution in [3.63, 3.8) is 0 Å². The Balaban J connectivity index is 2.08. The van der Waals surface area contributed by atoms with Gasteiger partial charge in [-0.3, -0.25) is 0 Å². The lowest BCUT2D eigenvalue weighted by molar-refractivity contribution is 0.394. The molecule has 5 heteroatoms. The van der Waals surface area contributed by atoms with E-state index >= 15 is 0 Å². The Hall–Kier alpha value is -0.940. The number of hydrogen-bond acceptors (Lipinski definition) is 2. The minimum absolute atomic E-state index is 0.304. The average Bonchev–Trinajstić information content (AvgIpc) is 3.03. The molecule has 1 aliphatic rings. The molecule has 1 aliphatic carbocycles. The van der Waals surface area contributed by atoms with Gasteiger partial charge in [0.25, 0.3) is 0 Å². The van der Waals surface area contributed by atoms with Gasteiger partial charge in [0.1, 0.15) is 5.82 Å². The molecule has 0 radical (unpaired) electrons. The molecule has 3 nitrogen and oxygen atoms in total. The topological polar surface area (TPSA) is 37.4 Å². The van der Waals surface area contributed by atoms with Crippen LogP contribution in [-0.2, 0) is 16.6 Å². The molecule has 1 fully saturated rings. The molecule has 2 rings (SSSR count). The van der Waals surface area contributed by atoms with Gasteiger partial charge in [0.15, 0.2) is 0 Å². The van der Waals surface area contributed by atoms with Gasteiger partial charge >= 0.3 is 0 Å². The van der Waals surface area contributed by atoms with Crippen LogP contribution in [0.1, 0.15) is 18.4 Å². The van der Waals surface area contributed by atoms with Crippen molar-refractivity contribution in [1.82, 2.24) is 4.31 Å². The van der Waals surface area contributed by atoms with E-state index in [9.17, 15) is 12.8 Å². The lowest BCUT2D eigenvalue weighted by Gasteiger charge is -2.19. The van der Waals surface area contributed by atoms with Crippen LogP contribution in [0.4, 0.5) is 4.39 Å². The number of sulfonamides is 1. The first kappa shape index (κ1) is 12.5. The summed E-state index contributed by atoms with van der Waals surface area (Å²) in [4.78, 5) is 0. The van der Waals surface area contributed by atoms with Crippen LogP contribution < -0.4 is 0 Å². The van der Waals surface area contributed by atoms with Crippen molar-refractivity contribution in [3.05, 3.63) is 35.6 Å². The molecule has 0 N–H and O–H groups in total. The van der Waals surface area contributed by atoms with E-state index in [-0.39, 0.29) is 5.82 Å². The quantitative estimate of drug-likeness (QED) is 0.809. The van der Waals surface area contributed by atoms with Crippen LogP contribution in [0.15, 0.2) is 24.3 Å². The Morgan fingerprint density at radius 2 is 1.88 bits per heavy atom. The maximum atomic E-state index is 12.7. The number of hydrogen-bond donors (Lipinski definition) is 0. The van der Waals surface area contributed by atoms with Gasteiger partial charge in [0.2, 0.25) is 10.0 Å². The molecule has 0 aliphatic heterocycles. The minimum atomic E-state index is -3.19. The fraction of sp³-hybridized carbons (Fsp3) is 0.500. The summed E-state index contributed by atoms with van der Waals surface area (Å²) in [5.74, 6) is 0.201. The molecule has 17 heavy (non-hydrogen) atoms. The van der Waals surface area contributed by atoms with E-state index in [1.54, 1.807) is 12.1 Å². The summed E-state index contributed by atoms with van der Waals surface area (Å²) in [5, 5.41) is 0. The van der Waals surface area contributed by atoms with Crippen LogP contribution >= 0.6 is 0 Å². The molecule has 94 valence electrons. The molecular weight excluding hydrogens is 241 g/mol. The standard InChI is InChI=1S/C12H16FNO2S/c1-17(15,16)14(8-10-2-3-10)9-11-4-6-12(13)7-5-11/h4-7,10H,2-3,8-9H2,1H3. The van der Waals surface area contributed by atoms with Crippen LogP contribution in [0.2, 0.25) is 0 Å². The summed E-state index contributed by atoms with van der Waals surface area (Å²) in [6, 6.07) is 5.96. The lowest BCUT2D eigenvalue weighted by Crippen LogP contribution is -2.31. The molecule has 0 heterocycles. The van der Waals surface area contributed by atoms with Crippen LogP contribution in [0.5, 0.6) is 0 Å². The Kier molecular flexibility index (Phi) is 3.49. The maximum Gasteiger partial charge on any atom is 0.211 e. The smallest absolute Gasteiger partial charge is 0.211 e. The van der Waals surface area contributed by atoms with Crippen molar-refractivity contribution in [1.29, 1.82) is 0 Å². The van der Waals surface area contributed by atoms with Gasteiger partial charge in [-0.15, -0.1) is 0 Å². The highest BCUT2D eigenvalue weighted by Gasteiger charge is 2.28. The van der Waals surface area contributed by atoms with Crippen molar-refractivity contribution >= 4 is 10.0 Å². The Morgan fingerprint density at radius 3 is 2.35 bits per heavy atom. The van der Waals surface area contributed by atoms with Gasteiger partial charge in [0.05, 0.1) is 6.26 Å². The molecule has 0 amide bonds. The lowest BCUT2D eigenvalue weighted by atomic mass is 10.2. The highest BCUT2D eigenvalue weighted by molar-refractivity contribution is 7.88. The molecule has 0 unspecified atom stereocenters. The van der Waals surface area contributed by atoms with Crippen molar-refractivity contribution < 1.29 is 12.8 Å². The monoisotopic (exact) mass is 257 g/mol. The Labute approximate surface area is 101 Å². The van der Waals surface area contributed by atoms with E-state index in [2.05, 4.69) is 0 Å². The van der Waals surface area contributed by atoms with E-state index < -0.39 is 10.0 Å². The largest absolute Gasteiger partial charge is 0.212 e. The first-order chi connectivity index (χ1) is 7.95. The first-order valence-electron chi connectivity index (χ1n) is 5.65. The minimum Gasteiger partial charge on any atom is -0.212 e. The van der Waals surface area contributed by atoms with E-state index in [1.807, 2.05) is 0 Å². The highest BCUT2D eigenvalue weighted by Crippen LogP contribution is 2.30. The zero-order valence-electron chi connectivity index (χ0n) is 9.77. The Bertz CT molecular complexity index is 480. The second-order valence-corrected chi connectivity index (χ2v) is 6.61. The average molecular weight is 257 g/mol. The summed E-state index contributed by atoms with van der Waals surface area (Å²) < 4.78 is 37.5. The van der Waals surface area contributed by atoms with Crippen LogP contribution in [0, 0.1) is 11.7 Å². The number of halogens is 1. The predicted molar refractivity (Wildman–Crippen MR) is 64.4 cm³/mol. The van der Waals surface area contributed by atoms with Gasteiger partial charge in [0, 0.05) is 13.1 Å². The molecule has 1 aromatic carbocycles. The summed E-state index contributed by atoms with van der Waals surface area (Å²) in [6.07, 6.45) is 3.43. The fourth-order valence-corrected chi connectivity index (χ4v) is 2.56. The van der Waals surface area contributed by atoms with Gasteiger partial charge in [-0.2, -0.15) is 4.31 Å². The van der Waals surface area contributed by atoms with Crippen LogP contribution in [0.25, 0.3) is 0 Å². The summed E-state index contributed by atoms with van der Waals surface area (Å²) in [5.41, 5.74) is 0.817. The van der Waals surface area contributed by atoms with Crippen LogP contribution in [-0.4, -0.2) is 25.5 Å². The zero-order chi connectivity index (χ0) is 12.5. The predicted octanol–water partition coefficient (Wildman–Crippen LogP) is 2.00. The van der Waals surface area contributed by atoms with E-state index in [4.69, 9.17) is 0 Å². The van der Waals surface area contributed by atoms with E-state index in [0.717, 1.165) is 18.4 Å². The number of nitrogens with zero attached hydrogens (tertiary/aromatic N) is 1. The van der Waals surface area contributed by atoms with Crippen molar-refractivity contribution in [2.45, 2.75) is 19.4 Å². The van der Waals surface area contributed by atoms with Gasteiger partial charge in [-0.05, 0) is 36.5 Å².